The summed E-state index contributed by atoms with van der Waals surface area (Å²) in [6, 6.07) is 11.8. The number of likely N-dealkylation sites (N-methyl/N-ethyl adjacent to an activating group) is 1. The Morgan fingerprint density at radius 1 is 1.36 bits per heavy atom. The number of rotatable bonds is 5. The fraction of sp³-hybridized carbons (Fsp3) is 0.364. The molecule has 0 saturated carbocycles. The Hall–Kier alpha value is -1.53. The molecule has 0 aliphatic rings. The van der Waals surface area contributed by atoms with Gasteiger partial charge in [-0.2, -0.15) is 5.26 Å². The van der Waals surface area contributed by atoms with Gasteiger partial charge in [-0.05, 0) is 19.2 Å². The molecule has 0 radical (unpaired) electrons. The molecule has 1 aromatic carbocycles. The highest BCUT2D eigenvalue weighted by Crippen LogP contribution is 2.07. The summed E-state index contributed by atoms with van der Waals surface area (Å²) in [7, 11) is 1.90. The molecule has 0 aliphatic carbocycles. The van der Waals surface area contributed by atoms with Gasteiger partial charge >= 0.3 is 0 Å². The van der Waals surface area contributed by atoms with Crippen LogP contribution in [0.3, 0.4) is 0 Å². The van der Waals surface area contributed by atoms with Crippen molar-refractivity contribution in [2.75, 3.05) is 26.7 Å². The molecule has 0 aliphatic heterocycles. The topological polar surface area (TPSA) is 36.3 Å². The summed E-state index contributed by atoms with van der Waals surface area (Å²) >= 11 is 0. The second kappa shape index (κ2) is 6.01. The van der Waals surface area contributed by atoms with Crippen molar-refractivity contribution in [2.24, 2.45) is 0 Å². The first kappa shape index (κ1) is 10.6. The Morgan fingerprint density at radius 2 is 2.07 bits per heavy atom. The first-order valence-corrected chi connectivity index (χ1v) is 4.56. The van der Waals surface area contributed by atoms with E-state index in [1.807, 2.05) is 42.3 Å². The van der Waals surface area contributed by atoms with Gasteiger partial charge in [0.25, 0.3) is 0 Å². The maximum Gasteiger partial charge on any atom is 0.119 e. The molecule has 0 bridgehead atoms. The zero-order valence-corrected chi connectivity index (χ0v) is 8.31. The van der Waals surface area contributed by atoms with E-state index in [4.69, 9.17) is 10.00 Å². The van der Waals surface area contributed by atoms with E-state index in [1.54, 1.807) is 0 Å². The van der Waals surface area contributed by atoms with E-state index in [-0.39, 0.29) is 0 Å². The summed E-state index contributed by atoms with van der Waals surface area (Å²) in [4.78, 5) is 1.92. The number of hydrogen-bond donors (Lipinski definition) is 0. The molecule has 0 amide bonds. The van der Waals surface area contributed by atoms with Gasteiger partial charge in [-0.1, -0.05) is 18.2 Å². The van der Waals surface area contributed by atoms with Crippen LogP contribution in [0.15, 0.2) is 30.3 Å². The molecule has 0 fully saturated rings. The quantitative estimate of drug-likeness (QED) is 0.660. The minimum absolute atomic E-state index is 0.443. The van der Waals surface area contributed by atoms with Crippen molar-refractivity contribution in [3.05, 3.63) is 30.3 Å². The smallest absolute Gasteiger partial charge is 0.119 e. The van der Waals surface area contributed by atoms with Gasteiger partial charge in [-0.3, -0.25) is 4.90 Å². The number of nitrogens with zero attached hydrogens (tertiary/aromatic N) is 2. The van der Waals surface area contributed by atoms with Crippen molar-refractivity contribution < 1.29 is 4.74 Å². The second-order valence-electron chi connectivity index (χ2n) is 3.06. The monoisotopic (exact) mass is 190 g/mol. The maximum absolute atomic E-state index is 8.42. The van der Waals surface area contributed by atoms with E-state index < -0.39 is 0 Å². The largest absolute Gasteiger partial charge is 0.492 e. The third-order valence-electron chi connectivity index (χ3n) is 1.83. The van der Waals surface area contributed by atoms with E-state index in [2.05, 4.69) is 6.07 Å². The van der Waals surface area contributed by atoms with E-state index in [1.165, 1.54) is 0 Å². The second-order valence-corrected chi connectivity index (χ2v) is 3.06. The van der Waals surface area contributed by atoms with E-state index in [0.717, 1.165) is 12.3 Å². The molecule has 0 aromatic heterocycles. The Kier molecular flexibility index (Phi) is 4.53. The lowest BCUT2D eigenvalue weighted by Gasteiger charge is -2.12. The Labute approximate surface area is 84.5 Å². The molecular weight excluding hydrogens is 176 g/mol. The highest BCUT2D eigenvalue weighted by molar-refractivity contribution is 5.20. The first-order chi connectivity index (χ1) is 6.83. The van der Waals surface area contributed by atoms with Gasteiger partial charge < -0.3 is 4.74 Å². The first-order valence-electron chi connectivity index (χ1n) is 4.56. The molecule has 14 heavy (non-hydrogen) atoms. The number of nitriles is 1. The summed E-state index contributed by atoms with van der Waals surface area (Å²) in [5.41, 5.74) is 0. The van der Waals surface area contributed by atoms with Crippen LogP contribution in [0.1, 0.15) is 0 Å². The summed E-state index contributed by atoms with van der Waals surface area (Å²) in [5.74, 6) is 0.873. The lowest BCUT2D eigenvalue weighted by Crippen LogP contribution is -2.24. The van der Waals surface area contributed by atoms with Crippen molar-refractivity contribution >= 4 is 0 Å². The molecule has 3 heteroatoms. The van der Waals surface area contributed by atoms with Gasteiger partial charge in [0, 0.05) is 6.54 Å². The fourth-order valence-corrected chi connectivity index (χ4v) is 1.04. The van der Waals surface area contributed by atoms with Gasteiger partial charge in [0.1, 0.15) is 12.4 Å². The molecule has 0 atom stereocenters. The van der Waals surface area contributed by atoms with Gasteiger partial charge in [-0.15, -0.1) is 0 Å². The van der Waals surface area contributed by atoms with Crippen molar-refractivity contribution in [2.45, 2.75) is 0 Å². The van der Waals surface area contributed by atoms with Crippen molar-refractivity contribution in [1.82, 2.24) is 4.90 Å². The van der Waals surface area contributed by atoms with E-state index in [0.29, 0.717) is 13.2 Å². The SMILES string of the molecule is CN(CC#N)CCOc1ccccc1. The minimum atomic E-state index is 0.443. The van der Waals surface area contributed by atoms with Crippen molar-refractivity contribution in [1.29, 1.82) is 5.26 Å². The molecule has 3 nitrogen and oxygen atoms in total. The average molecular weight is 190 g/mol. The van der Waals surface area contributed by atoms with Crippen LogP contribution in [0.25, 0.3) is 0 Å². The third-order valence-corrected chi connectivity index (χ3v) is 1.83. The molecule has 0 N–H and O–H groups in total. The van der Waals surface area contributed by atoms with Crippen LogP contribution in [0.2, 0.25) is 0 Å². The van der Waals surface area contributed by atoms with Crippen molar-refractivity contribution in [3.8, 4) is 11.8 Å². The number of ether oxygens (including phenoxy) is 1. The zero-order chi connectivity index (χ0) is 10.2. The van der Waals surface area contributed by atoms with E-state index in [9.17, 15) is 0 Å². The standard InChI is InChI=1S/C11H14N2O/c1-13(8-7-12)9-10-14-11-5-3-2-4-6-11/h2-6H,8-10H2,1H3. The predicted octanol–water partition coefficient (Wildman–Crippen LogP) is 1.52. The van der Waals surface area contributed by atoms with E-state index >= 15 is 0 Å². The average Bonchev–Trinajstić information content (AvgIpc) is 2.20. The highest BCUT2D eigenvalue weighted by atomic mass is 16.5. The molecule has 0 spiro atoms. The lowest BCUT2D eigenvalue weighted by atomic mass is 10.3. The molecule has 1 rings (SSSR count). The summed E-state index contributed by atoms with van der Waals surface area (Å²) in [5, 5.41) is 8.42. The van der Waals surface area contributed by atoms with Gasteiger partial charge in [0.05, 0.1) is 12.6 Å². The fourth-order valence-electron chi connectivity index (χ4n) is 1.04. The van der Waals surface area contributed by atoms with Crippen LogP contribution >= 0.6 is 0 Å². The number of para-hydroxylation sites is 1. The van der Waals surface area contributed by atoms with Gasteiger partial charge in [0.15, 0.2) is 0 Å². The Balaban J connectivity index is 2.19. The van der Waals surface area contributed by atoms with Crippen LogP contribution < -0.4 is 4.74 Å². The number of hydrogen-bond acceptors (Lipinski definition) is 3. The molecule has 0 saturated heterocycles. The predicted molar refractivity (Wildman–Crippen MR) is 55.0 cm³/mol. The molecule has 74 valence electrons. The maximum atomic E-state index is 8.42. The van der Waals surface area contributed by atoms with Crippen LogP contribution in [0, 0.1) is 11.3 Å². The molecule has 1 aromatic rings. The number of benzene rings is 1. The van der Waals surface area contributed by atoms with Crippen LogP contribution in [-0.2, 0) is 0 Å². The summed E-state index contributed by atoms with van der Waals surface area (Å²) < 4.78 is 5.47. The van der Waals surface area contributed by atoms with Crippen LogP contribution in [0.5, 0.6) is 5.75 Å². The lowest BCUT2D eigenvalue weighted by molar-refractivity contribution is 0.251. The molecule has 0 unspecified atom stereocenters. The summed E-state index contributed by atoms with van der Waals surface area (Å²) in [6.45, 7) is 1.82. The normalized spacial score (nSPS) is 9.79. The van der Waals surface area contributed by atoms with Gasteiger partial charge in [0.2, 0.25) is 0 Å². The molecule has 0 heterocycles. The minimum Gasteiger partial charge on any atom is -0.492 e. The summed E-state index contributed by atoms with van der Waals surface area (Å²) in [6.07, 6.45) is 0. The third kappa shape index (κ3) is 3.92. The Bertz CT molecular complexity index is 292. The Morgan fingerprint density at radius 3 is 2.71 bits per heavy atom. The van der Waals surface area contributed by atoms with Gasteiger partial charge in [-0.25, -0.2) is 0 Å². The zero-order valence-electron chi connectivity index (χ0n) is 8.31. The highest BCUT2D eigenvalue weighted by Gasteiger charge is 1.96. The van der Waals surface area contributed by atoms with Crippen LogP contribution in [-0.4, -0.2) is 31.6 Å². The van der Waals surface area contributed by atoms with Crippen molar-refractivity contribution in [3.63, 3.8) is 0 Å². The molecular formula is C11H14N2O. The van der Waals surface area contributed by atoms with Crippen LogP contribution in [0.4, 0.5) is 0 Å².